The summed E-state index contributed by atoms with van der Waals surface area (Å²) in [5, 5.41) is 2.42. The van der Waals surface area contributed by atoms with Crippen molar-refractivity contribution in [2.45, 2.75) is 43.3 Å². The molecule has 11 heteroatoms. The predicted molar refractivity (Wildman–Crippen MR) is 94.7 cm³/mol. The summed E-state index contributed by atoms with van der Waals surface area (Å²) in [6, 6.07) is 2.41. The van der Waals surface area contributed by atoms with Crippen molar-refractivity contribution in [2.24, 2.45) is 0 Å². The maximum atomic E-state index is 13.0. The fraction of sp³-hybridized carbons (Fsp3) is 0.529. The van der Waals surface area contributed by atoms with E-state index in [0.717, 1.165) is 25.0 Å². The van der Waals surface area contributed by atoms with Crippen molar-refractivity contribution < 1.29 is 31.2 Å². The van der Waals surface area contributed by atoms with Gasteiger partial charge in [0.1, 0.15) is 0 Å². The molecule has 1 aromatic rings. The molecular weight excluding hydrogens is 399 g/mol. The minimum absolute atomic E-state index is 0.0133. The minimum atomic E-state index is -4.85. The number of halogens is 3. The molecule has 2 amide bonds. The van der Waals surface area contributed by atoms with Gasteiger partial charge in [-0.25, -0.2) is 8.42 Å². The summed E-state index contributed by atoms with van der Waals surface area (Å²) in [6.45, 7) is 2.59. The van der Waals surface area contributed by atoms with Gasteiger partial charge in [0.25, 0.3) is 0 Å². The number of hydrogen-bond donors (Lipinski definition) is 2. The number of likely N-dealkylation sites (tertiary alicyclic amines) is 1. The second kappa shape index (κ2) is 8.91. The number of carbonyl (C=O) groups is 2. The van der Waals surface area contributed by atoms with Crippen LogP contribution < -0.4 is 10.0 Å². The SMILES string of the molecule is CC(NS(=O)(=O)c1ccccc1C(F)(F)F)C(=O)NCCC(=O)N1CCCC1. The molecule has 1 aliphatic heterocycles. The molecule has 28 heavy (non-hydrogen) atoms. The zero-order valence-electron chi connectivity index (χ0n) is 15.3. The van der Waals surface area contributed by atoms with Gasteiger partial charge in [-0.05, 0) is 31.9 Å². The second-order valence-corrected chi connectivity index (χ2v) is 8.15. The van der Waals surface area contributed by atoms with Crippen LogP contribution in [0.4, 0.5) is 13.2 Å². The second-order valence-electron chi connectivity index (χ2n) is 6.47. The molecule has 156 valence electrons. The molecule has 2 rings (SSSR count). The van der Waals surface area contributed by atoms with Crippen LogP contribution in [0.5, 0.6) is 0 Å². The first kappa shape index (κ1) is 22.2. The number of rotatable bonds is 7. The molecule has 1 aliphatic rings. The van der Waals surface area contributed by atoms with E-state index in [0.29, 0.717) is 19.2 Å². The number of hydrogen-bond acceptors (Lipinski definition) is 4. The number of nitrogens with one attached hydrogen (secondary N) is 2. The van der Waals surface area contributed by atoms with Crippen molar-refractivity contribution in [3.05, 3.63) is 29.8 Å². The molecule has 0 aliphatic carbocycles. The smallest absolute Gasteiger partial charge is 0.354 e. The first-order valence-electron chi connectivity index (χ1n) is 8.76. The fourth-order valence-corrected chi connectivity index (χ4v) is 4.29. The third-order valence-corrected chi connectivity index (χ3v) is 5.90. The Kier molecular flexibility index (Phi) is 7.05. The Morgan fingerprint density at radius 2 is 1.79 bits per heavy atom. The van der Waals surface area contributed by atoms with E-state index in [-0.39, 0.29) is 18.9 Å². The van der Waals surface area contributed by atoms with E-state index in [1.54, 1.807) is 4.90 Å². The third kappa shape index (κ3) is 5.68. The highest BCUT2D eigenvalue weighted by atomic mass is 32.2. The number of nitrogens with zero attached hydrogens (tertiary/aromatic N) is 1. The lowest BCUT2D eigenvalue weighted by atomic mass is 10.2. The Morgan fingerprint density at radius 3 is 2.39 bits per heavy atom. The molecule has 1 aromatic carbocycles. The molecule has 0 spiro atoms. The van der Waals surface area contributed by atoms with Crippen LogP contribution in [0.1, 0.15) is 31.7 Å². The number of alkyl halides is 3. The summed E-state index contributed by atoms with van der Waals surface area (Å²) >= 11 is 0. The lowest BCUT2D eigenvalue weighted by Gasteiger charge is -2.18. The van der Waals surface area contributed by atoms with Crippen molar-refractivity contribution in [1.82, 2.24) is 14.9 Å². The molecule has 0 radical (unpaired) electrons. The average molecular weight is 421 g/mol. The first-order chi connectivity index (χ1) is 13.0. The summed E-state index contributed by atoms with van der Waals surface area (Å²) in [5.74, 6) is -0.840. The molecule has 1 unspecified atom stereocenters. The highest BCUT2D eigenvalue weighted by molar-refractivity contribution is 7.89. The van der Waals surface area contributed by atoms with Crippen molar-refractivity contribution in [2.75, 3.05) is 19.6 Å². The zero-order valence-corrected chi connectivity index (χ0v) is 16.1. The number of amides is 2. The summed E-state index contributed by atoms with van der Waals surface area (Å²) < 4.78 is 65.7. The topological polar surface area (TPSA) is 95.6 Å². The normalized spacial score (nSPS) is 16.1. The largest absolute Gasteiger partial charge is 0.417 e. The number of benzene rings is 1. The number of sulfonamides is 1. The third-order valence-electron chi connectivity index (χ3n) is 4.30. The maximum Gasteiger partial charge on any atom is 0.417 e. The lowest BCUT2D eigenvalue weighted by Crippen LogP contribution is -2.45. The molecular formula is C17H22F3N3O4S. The number of carbonyl (C=O) groups excluding carboxylic acids is 2. The molecule has 2 N–H and O–H groups in total. The molecule has 1 atom stereocenters. The van der Waals surface area contributed by atoms with Gasteiger partial charge in [-0.1, -0.05) is 12.1 Å². The van der Waals surface area contributed by atoms with Crippen molar-refractivity contribution in [1.29, 1.82) is 0 Å². The Balaban J connectivity index is 1.95. The minimum Gasteiger partial charge on any atom is -0.354 e. The summed E-state index contributed by atoms with van der Waals surface area (Å²) in [5.41, 5.74) is -1.31. The van der Waals surface area contributed by atoms with Gasteiger partial charge in [-0.2, -0.15) is 17.9 Å². The highest BCUT2D eigenvalue weighted by Crippen LogP contribution is 2.33. The van der Waals surface area contributed by atoms with Crippen molar-refractivity contribution in [3.8, 4) is 0 Å². The molecule has 0 aromatic heterocycles. The monoisotopic (exact) mass is 421 g/mol. The molecule has 0 bridgehead atoms. The lowest BCUT2D eigenvalue weighted by molar-refractivity contribution is -0.140. The van der Waals surface area contributed by atoms with Gasteiger partial charge >= 0.3 is 6.18 Å². The van der Waals surface area contributed by atoms with Gasteiger partial charge in [-0.15, -0.1) is 0 Å². The Labute approximate surface area is 161 Å². The summed E-state index contributed by atoms with van der Waals surface area (Å²) in [6.07, 6.45) is -2.90. The van der Waals surface area contributed by atoms with Crippen LogP contribution in [0.15, 0.2) is 29.2 Å². The van der Waals surface area contributed by atoms with Gasteiger partial charge in [0, 0.05) is 26.1 Å². The van der Waals surface area contributed by atoms with Crippen LogP contribution >= 0.6 is 0 Å². The molecule has 1 fully saturated rings. The molecule has 7 nitrogen and oxygen atoms in total. The Hall–Kier alpha value is -2.14. The Morgan fingerprint density at radius 1 is 1.18 bits per heavy atom. The van der Waals surface area contributed by atoms with E-state index in [1.807, 2.05) is 4.72 Å². The van der Waals surface area contributed by atoms with E-state index < -0.39 is 38.6 Å². The zero-order chi connectivity index (χ0) is 20.9. The first-order valence-corrected chi connectivity index (χ1v) is 10.2. The van der Waals surface area contributed by atoms with Crippen LogP contribution in [-0.2, 0) is 25.8 Å². The van der Waals surface area contributed by atoms with Gasteiger partial charge in [0.15, 0.2) is 0 Å². The van der Waals surface area contributed by atoms with Crippen LogP contribution in [-0.4, -0.2) is 50.8 Å². The van der Waals surface area contributed by atoms with Gasteiger partial charge in [0.2, 0.25) is 21.8 Å². The van der Waals surface area contributed by atoms with Crippen LogP contribution in [0, 0.1) is 0 Å². The van der Waals surface area contributed by atoms with Gasteiger partial charge in [0.05, 0.1) is 16.5 Å². The van der Waals surface area contributed by atoms with Gasteiger partial charge in [-0.3, -0.25) is 9.59 Å². The molecule has 1 saturated heterocycles. The highest BCUT2D eigenvalue weighted by Gasteiger charge is 2.37. The molecule has 0 saturated carbocycles. The van der Waals surface area contributed by atoms with E-state index in [2.05, 4.69) is 5.32 Å². The van der Waals surface area contributed by atoms with E-state index in [9.17, 15) is 31.2 Å². The fourth-order valence-electron chi connectivity index (χ4n) is 2.86. The van der Waals surface area contributed by atoms with E-state index in [4.69, 9.17) is 0 Å². The summed E-state index contributed by atoms with van der Waals surface area (Å²) in [7, 11) is -4.58. The predicted octanol–water partition coefficient (Wildman–Crippen LogP) is 1.50. The Bertz CT molecular complexity index is 821. The van der Waals surface area contributed by atoms with Crippen LogP contribution in [0.2, 0.25) is 0 Å². The van der Waals surface area contributed by atoms with E-state index >= 15 is 0 Å². The van der Waals surface area contributed by atoms with Crippen LogP contribution in [0.3, 0.4) is 0 Å². The quantitative estimate of drug-likeness (QED) is 0.698. The summed E-state index contributed by atoms with van der Waals surface area (Å²) in [4.78, 5) is 24.7. The van der Waals surface area contributed by atoms with E-state index in [1.165, 1.54) is 13.0 Å². The van der Waals surface area contributed by atoms with Crippen LogP contribution in [0.25, 0.3) is 0 Å². The maximum absolute atomic E-state index is 13.0. The van der Waals surface area contributed by atoms with Crippen molar-refractivity contribution in [3.63, 3.8) is 0 Å². The van der Waals surface area contributed by atoms with Crippen molar-refractivity contribution >= 4 is 21.8 Å². The molecule has 1 heterocycles. The van der Waals surface area contributed by atoms with Gasteiger partial charge < -0.3 is 10.2 Å². The average Bonchev–Trinajstić information content (AvgIpc) is 3.15. The standard InChI is InChI=1S/C17H22F3N3O4S/c1-12(16(25)21-9-8-15(24)23-10-4-5-11-23)22-28(26,27)14-7-3-2-6-13(14)17(18,19)20/h2-3,6-7,12,22H,4-5,8-11H2,1H3,(H,21,25).